The van der Waals surface area contributed by atoms with Gasteiger partial charge < -0.3 is 9.84 Å². The number of ether oxygens (including phenoxy) is 1. The van der Waals surface area contributed by atoms with Crippen LogP contribution in [-0.4, -0.2) is 16.0 Å². The van der Waals surface area contributed by atoms with Crippen molar-refractivity contribution < 1.29 is 19.6 Å². The molecule has 29 heavy (non-hydrogen) atoms. The summed E-state index contributed by atoms with van der Waals surface area (Å²) in [5, 5.41) is 28.2. The van der Waals surface area contributed by atoms with Gasteiger partial charge in [-0.2, -0.15) is 10.2 Å². The van der Waals surface area contributed by atoms with Crippen molar-refractivity contribution in [2.75, 3.05) is 0 Å². The Hall–Kier alpha value is -3.91. The van der Waals surface area contributed by atoms with Gasteiger partial charge in [0.15, 0.2) is 0 Å². The van der Waals surface area contributed by atoms with E-state index in [1.54, 1.807) is 55.5 Å². The largest absolute Gasteiger partial charge is 0.423 e. The molecule has 0 saturated carbocycles. The van der Waals surface area contributed by atoms with Crippen molar-refractivity contribution in [3.63, 3.8) is 0 Å². The van der Waals surface area contributed by atoms with Gasteiger partial charge in [-0.1, -0.05) is 12.1 Å². The summed E-state index contributed by atoms with van der Waals surface area (Å²) in [7, 11) is 0. The fourth-order valence-electron chi connectivity index (χ4n) is 2.40. The maximum atomic E-state index is 12.2. The zero-order valence-corrected chi connectivity index (χ0v) is 15.4. The van der Waals surface area contributed by atoms with E-state index in [0.717, 1.165) is 5.56 Å². The van der Waals surface area contributed by atoms with E-state index in [-0.39, 0.29) is 5.69 Å². The zero-order valence-electron chi connectivity index (χ0n) is 15.4. The molecular weight excluding hydrogens is 374 g/mol. The quantitative estimate of drug-likeness (QED) is 0.202. The molecule has 146 valence electrons. The summed E-state index contributed by atoms with van der Waals surface area (Å²) in [5.41, 5.74) is 2.04. The van der Waals surface area contributed by atoms with E-state index in [1.807, 2.05) is 0 Å². The molecule has 0 radical (unpaired) electrons. The molecule has 0 aliphatic rings. The van der Waals surface area contributed by atoms with Crippen LogP contribution in [0.25, 0.3) is 0 Å². The normalized spacial score (nSPS) is 11.9. The van der Waals surface area contributed by atoms with Crippen LogP contribution in [0, 0.1) is 10.1 Å². The summed E-state index contributed by atoms with van der Waals surface area (Å²) in [5.74, 6) is -0.144. The topological polar surface area (TPSA) is 114 Å². The fraction of sp³-hybridized carbons (Fsp3) is 0.0952. The van der Waals surface area contributed by atoms with E-state index in [4.69, 9.17) is 4.74 Å². The second kappa shape index (κ2) is 8.85. The number of nitro benzene ring substituents is 1. The van der Waals surface area contributed by atoms with Crippen LogP contribution in [0.3, 0.4) is 0 Å². The number of carbonyl (C=O) groups excluding carboxylic acids is 1. The first-order chi connectivity index (χ1) is 13.9. The van der Waals surface area contributed by atoms with Crippen molar-refractivity contribution in [1.82, 2.24) is 0 Å². The Balaban J connectivity index is 1.63. The van der Waals surface area contributed by atoms with Gasteiger partial charge in [0.2, 0.25) is 0 Å². The Bertz CT molecular complexity index is 1030. The van der Waals surface area contributed by atoms with Gasteiger partial charge in [0.1, 0.15) is 5.75 Å². The highest BCUT2D eigenvalue weighted by Gasteiger charge is 2.09. The van der Waals surface area contributed by atoms with Gasteiger partial charge in [-0.15, -0.1) is 0 Å². The Morgan fingerprint density at radius 2 is 1.45 bits per heavy atom. The summed E-state index contributed by atoms with van der Waals surface area (Å²) in [6, 6.07) is 18.7. The third-order valence-electron chi connectivity index (χ3n) is 4.02. The highest BCUT2D eigenvalue weighted by molar-refractivity contribution is 5.91. The van der Waals surface area contributed by atoms with Gasteiger partial charge in [0.05, 0.1) is 28.0 Å². The van der Waals surface area contributed by atoms with Crippen molar-refractivity contribution in [2.24, 2.45) is 10.2 Å². The second-order valence-electron chi connectivity index (χ2n) is 6.15. The number of carbonyl (C=O) groups is 1. The van der Waals surface area contributed by atoms with Crippen LogP contribution in [0.5, 0.6) is 5.75 Å². The Morgan fingerprint density at radius 1 is 0.931 bits per heavy atom. The highest BCUT2D eigenvalue weighted by Crippen LogP contribution is 2.22. The summed E-state index contributed by atoms with van der Waals surface area (Å²) in [4.78, 5) is 22.4. The van der Waals surface area contributed by atoms with E-state index in [2.05, 4.69) is 10.2 Å². The number of benzene rings is 3. The van der Waals surface area contributed by atoms with Crippen LogP contribution >= 0.6 is 0 Å². The van der Waals surface area contributed by atoms with Gasteiger partial charge in [0.25, 0.3) is 5.69 Å². The Labute approximate surface area is 166 Å². The number of azo groups is 1. The van der Waals surface area contributed by atoms with E-state index < -0.39 is 17.0 Å². The number of aliphatic hydroxyl groups is 1. The molecule has 8 nitrogen and oxygen atoms in total. The standard InChI is InChI=1S/C21H17N3O5/c1-14(25)15-4-12-20(13-5-15)29-21(26)16-2-6-17(7-3-16)22-23-18-8-10-19(11-9-18)24(27)28/h2-14,25H,1H3. The van der Waals surface area contributed by atoms with Crippen molar-refractivity contribution >= 4 is 23.0 Å². The van der Waals surface area contributed by atoms with E-state index in [9.17, 15) is 20.0 Å². The van der Waals surface area contributed by atoms with Crippen molar-refractivity contribution in [3.8, 4) is 5.75 Å². The monoisotopic (exact) mass is 391 g/mol. The molecule has 0 amide bonds. The van der Waals surface area contributed by atoms with Gasteiger partial charge >= 0.3 is 5.97 Å². The number of aliphatic hydroxyl groups excluding tert-OH is 1. The summed E-state index contributed by atoms with van der Waals surface area (Å²) >= 11 is 0. The number of esters is 1. The van der Waals surface area contributed by atoms with E-state index in [1.165, 1.54) is 24.3 Å². The summed E-state index contributed by atoms with van der Waals surface area (Å²) in [6.45, 7) is 1.65. The first kappa shape index (κ1) is 19.8. The molecule has 0 spiro atoms. The van der Waals surface area contributed by atoms with Crippen LogP contribution in [0.4, 0.5) is 17.1 Å². The molecule has 1 unspecified atom stereocenters. The van der Waals surface area contributed by atoms with Gasteiger partial charge in [0, 0.05) is 12.1 Å². The molecular formula is C21H17N3O5. The average molecular weight is 391 g/mol. The molecule has 0 aliphatic carbocycles. The molecule has 3 aromatic carbocycles. The number of hydrogen-bond acceptors (Lipinski definition) is 7. The lowest BCUT2D eigenvalue weighted by Gasteiger charge is -2.07. The zero-order chi connectivity index (χ0) is 20.8. The lowest BCUT2D eigenvalue weighted by Crippen LogP contribution is -2.08. The van der Waals surface area contributed by atoms with Crippen LogP contribution in [-0.2, 0) is 0 Å². The number of nitro groups is 1. The summed E-state index contributed by atoms with van der Waals surface area (Å²) in [6.07, 6.45) is -0.590. The van der Waals surface area contributed by atoms with Crippen molar-refractivity contribution in [3.05, 3.63) is 94.0 Å². The minimum Gasteiger partial charge on any atom is -0.423 e. The molecule has 3 aromatic rings. The van der Waals surface area contributed by atoms with E-state index >= 15 is 0 Å². The van der Waals surface area contributed by atoms with Gasteiger partial charge in [-0.05, 0) is 61.0 Å². The Kier molecular flexibility index (Phi) is 6.06. The lowest BCUT2D eigenvalue weighted by molar-refractivity contribution is -0.384. The molecule has 0 aromatic heterocycles. The molecule has 0 saturated heterocycles. The van der Waals surface area contributed by atoms with Crippen molar-refractivity contribution in [2.45, 2.75) is 13.0 Å². The third-order valence-corrected chi connectivity index (χ3v) is 4.02. The predicted octanol–water partition coefficient (Wildman–Crippen LogP) is 5.28. The highest BCUT2D eigenvalue weighted by atomic mass is 16.6. The first-order valence-electron chi connectivity index (χ1n) is 8.69. The molecule has 1 N–H and O–H groups in total. The minimum absolute atomic E-state index is 0.0210. The van der Waals surface area contributed by atoms with Crippen LogP contribution < -0.4 is 4.74 Å². The van der Waals surface area contributed by atoms with Crippen LogP contribution in [0.15, 0.2) is 83.0 Å². The fourth-order valence-corrected chi connectivity index (χ4v) is 2.40. The Morgan fingerprint density at radius 3 is 1.93 bits per heavy atom. The van der Waals surface area contributed by atoms with Crippen molar-refractivity contribution in [1.29, 1.82) is 0 Å². The van der Waals surface area contributed by atoms with Gasteiger partial charge in [-0.3, -0.25) is 10.1 Å². The van der Waals surface area contributed by atoms with Crippen LogP contribution in [0.2, 0.25) is 0 Å². The number of hydrogen-bond donors (Lipinski definition) is 1. The lowest BCUT2D eigenvalue weighted by atomic mass is 10.1. The predicted molar refractivity (Wildman–Crippen MR) is 106 cm³/mol. The molecule has 0 fully saturated rings. The molecule has 8 heteroatoms. The molecule has 3 rings (SSSR count). The maximum absolute atomic E-state index is 12.2. The maximum Gasteiger partial charge on any atom is 0.343 e. The van der Waals surface area contributed by atoms with E-state index in [0.29, 0.717) is 22.7 Å². The van der Waals surface area contributed by atoms with Gasteiger partial charge in [-0.25, -0.2) is 4.79 Å². The molecule has 0 heterocycles. The molecule has 0 bridgehead atoms. The number of nitrogens with zero attached hydrogens (tertiary/aromatic N) is 3. The molecule has 0 aliphatic heterocycles. The summed E-state index contributed by atoms with van der Waals surface area (Å²) < 4.78 is 5.31. The third kappa shape index (κ3) is 5.30. The smallest absolute Gasteiger partial charge is 0.343 e. The first-order valence-corrected chi connectivity index (χ1v) is 8.69. The second-order valence-corrected chi connectivity index (χ2v) is 6.15. The van der Waals surface area contributed by atoms with Crippen LogP contribution in [0.1, 0.15) is 28.9 Å². The molecule has 1 atom stereocenters. The average Bonchev–Trinajstić information content (AvgIpc) is 2.73. The minimum atomic E-state index is -0.590. The number of rotatable bonds is 6. The SMILES string of the molecule is CC(O)c1ccc(OC(=O)c2ccc(N=Nc3ccc([N+](=O)[O-])cc3)cc2)cc1. The number of non-ortho nitro benzene ring substituents is 1.